The quantitative estimate of drug-likeness (QED) is 0.883. The van der Waals surface area contributed by atoms with Gasteiger partial charge in [0.05, 0.1) is 11.7 Å². The molecule has 1 N–H and O–H groups in total. The number of hydrogen-bond acceptors (Lipinski definition) is 4. The lowest BCUT2D eigenvalue weighted by Crippen LogP contribution is -2.11. The van der Waals surface area contributed by atoms with Gasteiger partial charge in [0, 0.05) is 13.2 Å². The molecule has 0 radical (unpaired) electrons. The van der Waals surface area contributed by atoms with Crippen molar-refractivity contribution in [2.45, 2.75) is 26.3 Å². The predicted octanol–water partition coefficient (Wildman–Crippen LogP) is 1.35. The Hall–Kier alpha value is -2.18. The second-order valence-electron chi connectivity index (χ2n) is 4.13. The molecule has 0 amide bonds. The van der Waals surface area contributed by atoms with Crippen LogP contribution in [0.4, 0.5) is 0 Å². The standard InChI is InChI=1S/C11H15N5O2/c1-4-7(2)16-10(8-5-6-12-15(8)3)9(11(17)18)13-14-16/h5-7H,4H2,1-3H3,(H,17,18). The predicted molar refractivity (Wildman–Crippen MR) is 64.2 cm³/mol. The Bertz CT molecular complexity index is 572. The third-order valence-electron chi connectivity index (χ3n) is 2.97. The van der Waals surface area contributed by atoms with Crippen molar-refractivity contribution in [3.05, 3.63) is 18.0 Å². The molecule has 18 heavy (non-hydrogen) atoms. The van der Waals surface area contributed by atoms with E-state index in [1.54, 1.807) is 28.7 Å². The Morgan fingerprint density at radius 1 is 1.56 bits per heavy atom. The highest BCUT2D eigenvalue weighted by Crippen LogP contribution is 2.25. The molecule has 1 atom stereocenters. The maximum absolute atomic E-state index is 11.2. The van der Waals surface area contributed by atoms with Crippen LogP contribution in [0.25, 0.3) is 11.4 Å². The van der Waals surface area contributed by atoms with Gasteiger partial charge < -0.3 is 5.11 Å². The first-order valence-corrected chi connectivity index (χ1v) is 5.73. The van der Waals surface area contributed by atoms with Crippen LogP contribution in [-0.2, 0) is 7.05 Å². The molecule has 0 saturated carbocycles. The summed E-state index contributed by atoms with van der Waals surface area (Å²) in [5, 5.41) is 20.9. The molecular formula is C11H15N5O2. The fourth-order valence-corrected chi connectivity index (χ4v) is 1.76. The lowest BCUT2D eigenvalue weighted by molar-refractivity contribution is 0.0691. The van der Waals surface area contributed by atoms with Crippen molar-refractivity contribution in [3.63, 3.8) is 0 Å². The molecule has 0 aliphatic heterocycles. The zero-order valence-corrected chi connectivity index (χ0v) is 10.5. The van der Waals surface area contributed by atoms with Gasteiger partial charge >= 0.3 is 5.97 Å². The normalized spacial score (nSPS) is 12.6. The summed E-state index contributed by atoms with van der Waals surface area (Å²) in [7, 11) is 1.76. The van der Waals surface area contributed by atoms with E-state index in [-0.39, 0.29) is 11.7 Å². The van der Waals surface area contributed by atoms with Crippen LogP contribution in [-0.4, -0.2) is 35.9 Å². The summed E-state index contributed by atoms with van der Waals surface area (Å²) in [5.74, 6) is -1.08. The first kappa shape index (κ1) is 12.3. The minimum absolute atomic E-state index is 0.0427. The summed E-state index contributed by atoms with van der Waals surface area (Å²) in [5.41, 5.74) is 1.15. The van der Waals surface area contributed by atoms with Crippen molar-refractivity contribution in [2.24, 2.45) is 7.05 Å². The molecule has 0 aliphatic carbocycles. The monoisotopic (exact) mass is 249 g/mol. The van der Waals surface area contributed by atoms with Crippen LogP contribution in [0.15, 0.2) is 12.3 Å². The van der Waals surface area contributed by atoms with Gasteiger partial charge in [-0.1, -0.05) is 12.1 Å². The first-order valence-electron chi connectivity index (χ1n) is 5.73. The molecule has 0 saturated heterocycles. The minimum atomic E-state index is -1.08. The van der Waals surface area contributed by atoms with Gasteiger partial charge in [0.1, 0.15) is 5.69 Å². The van der Waals surface area contributed by atoms with E-state index in [9.17, 15) is 9.90 Å². The minimum Gasteiger partial charge on any atom is -0.476 e. The van der Waals surface area contributed by atoms with E-state index in [1.165, 1.54) is 0 Å². The molecule has 1 unspecified atom stereocenters. The first-order chi connectivity index (χ1) is 8.56. The lowest BCUT2D eigenvalue weighted by atomic mass is 10.2. The van der Waals surface area contributed by atoms with Gasteiger partial charge in [0.25, 0.3) is 0 Å². The topological polar surface area (TPSA) is 85.8 Å². The molecular weight excluding hydrogens is 234 g/mol. The van der Waals surface area contributed by atoms with Gasteiger partial charge in [-0.05, 0) is 19.4 Å². The summed E-state index contributed by atoms with van der Waals surface area (Å²) in [6.07, 6.45) is 2.46. The Morgan fingerprint density at radius 2 is 2.28 bits per heavy atom. The van der Waals surface area contributed by atoms with E-state index in [1.807, 2.05) is 13.8 Å². The molecule has 7 nitrogen and oxygen atoms in total. The highest BCUT2D eigenvalue weighted by atomic mass is 16.4. The van der Waals surface area contributed by atoms with Gasteiger partial charge in [-0.3, -0.25) is 4.68 Å². The number of aromatic nitrogens is 5. The number of nitrogens with zero attached hydrogens (tertiary/aromatic N) is 5. The third kappa shape index (κ3) is 1.87. The maximum Gasteiger partial charge on any atom is 0.358 e. The van der Waals surface area contributed by atoms with Gasteiger partial charge in [0.15, 0.2) is 5.69 Å². The van der Waals surface area contributed by atoms with E-state index in [2.05, 4.69) is 15.4 Å². The smallest absolute Gasteiger partial charge is 0.358 e. The largest absolute Gasteiger partial charge is 0.476 e. The zero-order valence-electron chi connectivity index (χ0n) is 10.5. The molecule has 96 valence electrons. The fraction of sp³-hybridized carbons (Fsp3) is 0.455. The second-order valence-corrected chi connectivity index (χ2v) is 4.13. The Morgan fingerprint density at radius 3 is 2.78 bits per heavy atom. The van der Waals surface area contributed by atoms with Gasteiger partial charge in [-0.25, -0.2) is 9.48 Å². The maximum atomic E-state index is 11.2. The van der Waals surface area contributed by atoms with E-state index in [0.29, 0.717) is 11.4 Å². The van der Waals surface area contributed by atoms with E-state index < -0.39 is 5.97 Å². The molecule has 2 rings (SSSR count). The number of aromatic carboxylic acids is 1. The van der Waals surface area contributed by atoms with Crippen LogP contribution in [0.1, 0.15) is 36.8 Å². The fourth-order valence-electron chi connectivity index (χ4n) is 1.76. The Kier molecular flexibility index (Phi) is 3.14. The third-order valence-corrected chi connectivity index (χ3v) is 2.97. The van der Waals surface area contributed by atoms with Crippen LogP contribution in [0.3, 0.4) is 0 Å². The van der Waals surface area contributed by atoms with Crippen molar-refractivity contribution in [2.75, 3.05) is 0 Å². The van der Waals surface area contributed by atoms with Crippen molar-refractivity contribution in [1.82, 2.24) is 24.8 Å². The number of hydrogen-bond donors (Lipinski definition) is 1. The van der Waals surface area contributed by atoms with Crippen molar-refractivity contribution < 1.29 is 9.90 Å². The molecule has 0 fully saturated rings. The summed E-state index contributed by atoms with van der Waals surface area (Å²) in [6.45, 7) is 3.99. The summed E-state index contributed by atoms with van der Waals surface area (Å²) >= 11 is 0. The summed E-state index contributed by atoms with van der Waals surface area (Å²) < 4.78 is 3.25. The van der Waals surface area contributed by atoms with Crippen LogP contribution in [0, 0.1) is 0 Å². The van der Waals surface area contributed by atoms with Crippen molar-refractivity contribution in [3.8, 4) is 11.4 Å². The number of aryl methyl sites for hydroxylation is 1. The molecule has 0 aliphatic rings. The number of carboxylic acids is 1. The van der Waals surface area contributed by atoms with Crippen LogP contribution >= 0.6 is 0 Å². The number of carbonyl (C=O) groups is 1. The Labute approximate surface area is 104 Å². The van der Waals surface area contributed by atoms with Crippen LogP contribution in [0.5, 0.6) is 0 Å². The Balaban J connectivity index is 2.65. The van der Waals surface area contributed by atoms with Crippen molar-refractivity contribution in [1.29, 1.82) is 0 Å². The highest BCUT2D eigenvalue weighted by Gasteiger charge is 2.24. The van der Waals surface area contributed by atoms with E-state index >= 15 is 0 Å². The van der Waals surface area contributed by atoms with Gasteiger partial charge in [-0.15, -0.1) is 5.10 Å². The van der Waals surface area contributed by atoms with E-state index in [4.69, 9.17) is 0 Å². The second kappa shape index (κ2) is 4.59. The molecule has 0 spiro atoms. The number of carboxylic acid groups (broad SMARTS) is 1. The molecule has 2 aromatic heterocycles. The van der Waals surface area contributed by atoms with Gasteiger partial charge in [-0.2, -0.15) is 5.10 Å². The summed E-state index contributed by atoms with van der Waals surface area (Å²) in [6, 6.07) is 1.83. The van der Waals surface area contributed by atoms with E-state index in [0.717, 1.165) is 6.42 Å². The lowest BCUT2D eigenvalue weighted by Gasteiger charge is -2.12. The average Bonchev–Trinajstić information content (AvgIpc) is 2.93. The van der Waals surface area contributed by atoms with Crippen LogP contribution in [0.2, 0.25) is 0 Å². The molecule has 0 aromatic carbocycles. The average molecular weight is 249 g/mol. The zero-order chi connectivity index (χ0) is 13.3. The highest BCUT2D eigenvalue weighted by molar-refractivity contribution is 5.92. The molecule has 2 aromatic rings. The SMILES string of the molecule is CCC(C)n1nnc(C(=O)O)c1-c1ccnn1C. The van der Waals surface area contributed by atoms with Crippen LogP contribution < -0.4 is 0 Å². The molecule has 0 bridgehead atoms. The number of rotatable bonds is 4. The van der Waals surface area contributed by atoms with Gasteiger partial charge in [0.2, 0.25) is 0 Å². The van der Waals surface area contributed by atoms with Crippen molar-refractivity contribution >= 4 is 5.97 Å². The molecule has 2 heterocycles. The summed E-state index contributed by atoms with van der Waals surface area (Å²) in [4.78, 5) is 11.2. The molecule has 7 heteroatoms.